The molecular formula is C13H12ClN3O. The lowest BCUT2D eigenvalue weighted by Gasteiger charge is -2.06. The van der Waals surface area contributed by atoms with Crippen LogP contribution in [0.25, 0.3) is 11.1 Å². The number of hydrogen-bond donors (Lipinski definition) is 2. The third-order valence-corrected chi connectivity index (χ3v) is 2.87. The molecule has 1 aromatic carbocycles. The minimum absolute atomic E-state index is 0. The number of carbonyl (C=O) groups excluding carboxylic acids is 1. The van der Waals surface area contributed by atoms with E-state index in [2.05, 4.69) is 10.3 Å². The second-order valence-electron chi connectivity index (χ2n) is 4.03. The Labute approximate surface area is 111 Å². The van der Waals surface area contributed by atoms with Gasteiger partial charge in [-0.05, 0) is 29.3 Å². The Kier molecular flexibility index (Phi) is 3.21. The number of rotatable bonds is 1. The first-order chi connectivity index (χ1) is 8.24. The highest BCUT2D eigenvalue weighted by atomic mass is 35.5. The Balaban J connectivity index is 0.00000120. The topological polar surface area (TPSA) is 68.0 Å². The number of nitrogens with two attached hydrogens (primary N) is 1. The van der Waals surface area contributed by atoms with Crippen molar-refractivity contribution < 1.29 is 4.79 Å². The van der Waals surface area contributed by atoms with E-state index in [9.17, 15) is 4.79 Å². The maximum absolute atomic E-state index is 11.4. The molecule has 1 aliphatic rings. The molecule has 1 amide bonds. The quantitative estimate of drug-likeness (QED) is 0.774. The monoisotopic (exact) mass is 261 g/mol. The molecule has 18 heavy (non-hydrogen) atoms. The first-order valence-electron chi connectivity index (χ1n) is 5.38. The number of benzene rings is 1. The summed E-state index contributed by atoms with van der Waals surface area (Å²) in [6.07, 6.45) is 2.10. The molecule has 0 saturated carbocycles. The van der Waals surface area contributed by atoms with Crippen LogP contribution in [0.4, 0.5) is 11.5 Å². The van der Waals surface area contributed by atoms with E-state index in [-0.39, 0.29) is 18.3 Å². The van der Waals surface area contributed by atoms with Crippen molar-refractivity contribution in [3.63, 3.8) is 0 Å². The highest BCUT2D eigenvalue weighted by Crippen LogP contribution is 2.31. The molecule has 5 heteroatoms. The van der Waals surface area contributed by atoms with Gasteiger partial charge in [-0.2, -0.15) is 0 Å². The standard InChI is InChI=1S/C13H11N3O.ClH/c14-9-3-1-8(2-4-9)10-5-6-15-13-11(10)7-12(17)16-13;/h1-6H,7,14H2,(H,15,16,17);1H. The average Bonchev–Trinajstić information content (AvgIpc) is 2.70. The van der Waals surface area contributed by atoms with E-state index in [0.717, 1.165) is 22.4 Å². The van der Waals surface area contributed by atoms with E-state index in [1.807, 2.05) is 30.3 Å². The Morgan fingerprint density at radius 3 is 2.61 bits per heavy atom. The molecule has 0 saturated heterocycles. The zero-order valence-electron chi connectivity index (χ0n) is 9.51. The predicted molar refractivity (Wildman–Crippen MR) is 73.7 cm³/mol. The maximum Gasteiger partial charge on any atom is 0.230 e. The molecule has 1 aromatic heterocycles. The minimum atomic E-state index is -0.00426. The van der Waals surface area contributed by atoms with Gasteiger partial charge in [0.1, 0.15) is 5.82 Å². The van der Waals surface area contributed by atoms with Crippen molar-refractivity contribution >= 4 is 29.8 Å². The van der Waals surface area contributed by atoms with E-state index >= 15 is 0 Å². The van der Waals surface area contributed by atoms with E-state index in [0.29, 0.717) is 12.2 Å². The number of anilines is 2. The third-order valence-electron chi connectivity index (χ3n) is 2.87. The van der Waals surface area contributed by atoms with Crippen molar-refractivity contribution in [3.8, 4) is 11.1 Å². The summed E-state index contributed by atoms with van der Waals surface area (Å²) in [5.41, 5.74) is 9.44. The highest BCUT2D eigenvalue weighted by molar-refractivity contribution is 6.00. The van der Waals surface area contributed by atoms with Gasteiger partial charge in [-0.3, -0.25) is 4.79 Å². The molecular weight excluding hydrogens is 250 g/mol. The lowest BCUT2D eigenvalue weighted by molar-refractivity contribution is -0.115. The summed E-state index contributed by atoms with van der Waals surface area (Å²) < 4.78 is 0. The number of nitrogens with one attached hydrogen (secondary N) is 1. The van der Waals surface area contributed by atoms with Crippen molar-refractivity contribution in [2.45, 2.75) is 6.42 Å². The van der Waals surface area contributed by atoms with Crippen LogP contribution in [-0.2, 0) is 11.2 Å². The second-order valence-corrected chi connectivity index (χ2v) is 4.03. The first kappa shape index (κ1) is 12.4. The molecule has 2 heterocycles. The molecule has 4 nitrogen and oxygen atoms in total. The molecule has 0 spiro atoms. The van der Waals surface area contributed by atoms with Crippen LogP contribution >= 0.6 is 12.4 Å². The number of amides is 1. The molecule has 0 radical (unpaired) electrons. The number of hydrogen-bond acceptors (Lipinski definition) is 3. The van der Waals surface area contributed by atoms with Crippen molar-refractivity contribution in [3.05, 3.63) is 42.1 Å². The van der Waals surface area contributed by atoms with Crippen molar-refractivity contribution in [2.75, 3.05) is 11.1 Å². The molecule has 0 bridgehead atoms. The van der Waals surface area contributed by atoms with Crippen molar-refractivity contribution in [1.29, 1.82) is 0 Å². The van der Waals surface area contributed by atoms with E-state index in [4.69, 9.17) is 5.73 Å². The average molecular weight is 262 g/mol. The summed E-state index contributed by atoms with van der Waals surface area (Å²) in [6.45, 7) is 0. The van der Waals surface area contributed by atoms with E-state index in [1.165, 1.54) is 0 Å². The zero-order valence-corrected chi connectivity index (χ0v) is 10.3. The van der Waals surface area contributed by atoms with Crippen LogP contribution in [0.5, 0.6) is 0 Å². The zero-order chi connectivity index (χ0) is 11.8. The molecule has 0 unspecified atom stereocenters. The van der Waals surface area contributed by atoms with Gasteiger partial charge in [0.25, 0.3) is 0 Å². The molecule has 92 valence electrons. The van der Waals surface area contributed by atoms with Gasteiger partial charge in [-0.25, -0.2) is 4.98 Å². The van der Waals surface area contributed by atoms with Crippen molar-refractivity contribution in [1.82, 2.24) is 4.98 Å². The van der Waals surface area contributed by atoms with E-state index < -0.39 is 0 Å². The smallest absolute Gasteiger partial charge is 0.230 e. The van der Waals surface area contributed by atoms with Gasteiger partial charge >= 0.3 is 0 Å². The number of aromatic nitrogens is 1. The number of pyridine rings is 1. The van der Waals surface area contributed by atoms with Gasteiger partial charge in [0.15, 0.2) is 0 Å². The fourth-order valence-electron chi connectivity index (χ4n) is 2.05. The van der Waals surface area contributed by atoms with Crippen LogP contribution in [0.3, 0.4) is 0 Å². The SMILES string of the molecule is Cl.Nc1ccc(-c2ccnc3c2CC(=O)N3)cc1. The molecule has 0 fully saturated rings. The number of nitrogen functional groups attached to an aromatic ring is 1. The molecule has 2 aromatic rings. The van der Waals surface area contributed by atoms with Gasteiger partial charge < -0.3 is 11.1 Å². The van der Waals surface area contributed by atoms with Crippen LogP contribution < -0.4 is 11.1 Å². The van der Waals surface area contributed by atoms with Crippen LogP contribution in [-0.4, -0.2) is 10.9 Å². The fraction of sp³-hybridized carbons (Fsp3) is 0.0769. The number of nitrogens with zero attached hydrogens (tertiary/aromatic N) is 1. The summed E-state index contributed by atoms with van der Waals surface area (Å²) in [5, 5.41) is 2.74. The number of fused-ring (bicyclic) bond motifs is 1. The minimum Gasteiger partial charge on any atom is -0.399 e. The second kappa shape index (κ2) is 4.66. The van der Waals surface area contributed by atoms with Crippen molar-refractivity contribution in [2.24, 2.45) is 0 Å². The van der Waals surface area contributed by atoms with Crippen LogP contribution in [0, 0.1) is 0 Å². The first-order valence-corrected chi connectivity index (χ1v) is 5.38. The van der Waals surface area contributed by atoms with Crippen LogP contribution in [0.1, 0.15) is 5.56 Å². The fourth-order valence-corrected chi connectivity index (χ4v) is 2.05. The summed E-state index contributed by atoms with van der Waals surface area (Å²) in [5.74, 6) is 0.666. The normalized spacial score (nSPS) is 12.6. The Hall–Kier alpha value is -2.07. The third kappa shape index (κ3) is 2.02. The van der Waals surface area contributed by atoms with Gasteiger partial charge in [-0.15, -0.1) is 12.4 Å². The van der Waals surface area contributed by atoms with Gasteiger partial charge in [-0.1, -0.05) is 12.1 Å². The van der Waals surface area contributed by atoms with Gasteiger partial charge in [0.05, 0.1) is 6.42 Å². The summed E-state index contributed by atoms with van der Waals surface area (Å²) in [6, 6.07) is 9.53. The molecule has 3 rings (SSSR count). The predicted octanol–water partition coefficient (Wildman–Crippen LogP) is 2.25. The van der Waals surface area contributed by atoms with Gasteiger partial charge in [0.2, 0.25) is 5.91 Å². The summed E-state index contributed by atoms with van der Waals surface area (Å²) in [7, 11) is 0. The van der Waals surface area contributed by atoms with Crippen LogP contribution in [0.2, 0.25) is 0 Å². The molecule has 0 atom stereocenters. The lowest BCUT2D eigenvalue weighted by atomic mass is 10.00. The Morgan fingerprint density at radius 1 is 1.17 bits per heavy atom. The maximum atomic E-state index is 11.4. The Bertz CT molecular complexity index is 596. The lowest BCUT2D eigenvalue weighted by Crippen LogP contribution is -2.04. The van der Waals surface area contributed by atoms with Crippen LogP contribution in [0.15, 0.2) is 36.5 Å². The number of carbonyl (C=O) groups is 1. The largest absolute Gasteiger partial charge is 0.399 e. The molecule has 0 aliphatic carbocycles. The highest BCUT2D eigenvalue weighted by Gasteiger charge is 2.22. The Morgan fingerprint density at radius 2 is 1.89 bits per heavy atom. The number of halogens is 1. The summed E-state index contributed by atoms with van der Waals surface area (Å²) in [4.78, 5) is 15.5. The van der Waals surface area contributed by atoms with Gasteiger partial charge in [0, 0.05) is 17.4 Å². The van der Waals surface area contributed by atoms with E-state index in [1.54, 1.807) is 6.20 Å². The molecule has 3 N–H and O–H groups in total. The summed E-state index contributed by atoms with van der Waals surface area (Å²) >= 11 is 0. The molecule has 1 aliphatic heterocycles.